The smallest absolute Gasteiger partial charge is 0.322 e. The zero-order valence-electron chi connectivity index (χ0n) is 21.7. The van der Waals surface area contributed by atoms with E-state index in [-0.39, 0.29) is 24.2 Å². The number of hydrogen-bond donors (Lipinski definition) is 1. The number of methoxy groups -OCH3 is 2. The number of nitrogens with zero attached hydrogens (tertiary/aromatic N) is 1. The first-order chi connectivity index (χ1) is 16.1. The predicted molar refractivity (Wildman–Crippen MR) is 141 cm³/mol. The van der Waals surface area contributed by atoms with Gasteiger partial charge in [0.15, 0.2) is 11.5 Å². The molecule has 0 aliphatic carbocycles. The van der Waals surface area contributed by atoms with Gasteiger partial charge in [0.2, 0.25) is 0 Å². The third-order valence-corrected chi connectivity index (χ3v) is 7.53. The van der Waals surface area contributed by atoms with E-state index in [1.165, 1.54) is 7.11 Å². The Bertz CT molecular complexity index is 958. The fourth-order valence-corrected chi connectivity index (χ4v) is 5.26. The SMILES string of the molecule is [B]C1(OC(=O)[C@@H](N)C(C)C)CC2c3cc(OC)c(OC)cc3C([B])([B])C([B])([B])N2CC1CC(C)C. The molecule has 2 N–H and O–H groups in total. The summed E-state index contributed by atoms with van der Waals surface area (Å²) < 4.78 is 17.0. The fraction of sp³-hybridized carbons (Fsp3) is 0.708. The van der Waals surface area contributed by atoms with Crippen molar-refractivity contribution in [3.05, 3.63) is 23.3 Å². The summed E-state index contributed by atoms with van der Waals surface area (Å²) >= 11 is 0. The van der Waals surface area contributed by atoms with Crippen LogP contribution >= 0.6 is 0 Å². The van der Waals surface area contributed by atoms with E-state index in [1.54, 1.807) is 19.2 Å². The van der Waals surface area contributed by atoms with Crippen LogP contribution in [0.4, 0.5) is 0 Å². The summed E-state index contributed by atoms with van der Waals surface area (Å²) in [6.07, 6.45) is 0.886. The Labute approximate surface area is 216 Å². The van der Waals surface area contributed by atoms with Crippen molar-refractivity contribution in [3.8, 4) is 11.5 Å². The van der Waals surface area contributed by atoms with Crippen LogP contribution in [-0.2, 0) is 14.7 Å². The lowest BCUT2D eigenvalue weighted by Crippen LogP contribution is -2.72. The maximum absolute atomic E-state index is 12.9. The summed E-state index contributed by atoms with van der Waals surface area (Å²) in [6.45, 7) is 8.19. The van der Waals surface area contributed by atoms with Crippen molar-refractivity contribution in [2.75, 3.05) is 20.8 Å². The van der Waals surface area contributed by atoms with Crippen LogP contribution in [0.2, 0.25) is 0 Å². The average molecular weight is 468 g/mol. The van der Waals surface area contributed by atoms with E-state index in [0.29, 0.717) is 30.0 Å². The van der Waals surface area contributed by atoms with E-state index in [4.69, 9.17) is 59.2 Å². The molecule has 0 amide bonds. The first-order valence-electron chi connectivity index (χ1n) is 12.1. The minimum Gasteiger partial charge on any atom is -0.493 e. The van der Waals surface area contributed by atoms with E-state index < -0.39 is 34.1 Å². The molecule has 3 rings (SSSR count). The van der Waals surface area contributed by atoms with Crippen molar-refractivity contribution in [1.29, 1.82) is 0 Å². The van der Waals surface area contributed by atoms with Crippen LogP contribution in [0.5, 0.6) is 11.5 Å². The molecule has 178 valence electrons. The molecule has 2 heterocycles. The molecule has 11 heteroatoms. The van der Waals surface area contributed by atoms with E-state index in [0.717, 1.165) is 5.56 Å². The number of fused-ring (bicyclic) bond motifs is 3. The third-order valence-electron chi connectivity index (χ3n) is 7.53. The molecule has 0 saturated carbocycles. The fourth-order valence-electron chi connectivity index (χ4n) is 5.26. The third kappa shape index (κ3) is 4.80. The highest BCUT2D eigenvalue weighted by Gasteiger charge is 2.56. The maximum atomic E-state index is 12.9. The van der Waals surface area contributed by atoms with Crippen LogP contribution in [0, 0.1) is 17.8 Å². The molecule has 4 atom stereocenters. The summed E-state index contributed by atoms with van der Waals surface area (Å²) in [5, 5.41) is -3.24. The first kappa shape index (κ1) is 28.1. The van der Waals surface area contributed by atoms with Gasteiger partial charge in [-0.1, -0.05) is 38.2 Å². The highest BCUT2D eigenvalue weighted by Crippen LogP contribution is 2.54. The van der Waals surface area contributed by atoms with E-state index >= 15 is 0 Å². The Balaban J connectivity index is 2.15. The van der Waals surface area contributed by atoms with Gasteiger partial charge in [-0.3, -0.25) is 4.79 Å². The zero-order chi connectivity index (χ0) is 26.5. The van der Waals surface area contributed by atoms with Crippen LogP contribution in [0.1, 0.15) is 57.7 Å². The Morgan fingerprint density at radius 1 is 1.09 bits per heavy atom. The summed E-state index contributed by atoms with van der Waals surface area (Å²) in [5.41, 5.74) is 6.04. The lowest BCUT2D eigenvalue weighted by Gasteiger charge is -2.64. The molecule has 1 aromatic rings. The molecule has 10 radical (unpaired) electrons. The largest absolute Gasteiger partial charge is 0.493 e. The number of piperidine rings is 1. The number of nitrogens with two attached hydrogens (primary N) is 1. The first-order valence-corrected chi connectivity index (χ1v) is 12.1. The molecule has 0 bridgehead atoms. The number of benzene rings is 1. The van der Waals surface area contributed by atoms with Gasteiger partial charge < -0.3 is 24.8 Å². The standard InChI is InChI=1S/C24H33B5N2O4/c1-12(2)7-14-11-31-17(10-22(14,25)35-21(32)20(30)13(3)4)15-8-18(33-5)19(34-6)9-16(15)23(26,27)24(31,28)29/h8-9,12-14,17,20H,7,10-11,30H2,1-6H3/t14?,17?,20-,22?/m0/s1. The summed E-state index contributed by atoms with van der Waals surface area (Å²) in [4.78, 5) is 14.8. The molecule has 2 aliphatic rings. The quantitative estimate of drug-likeness (QED) is 0.477. The van der Waals surface area contributed by atoms with E-state index in [1.807, 2.05) is 18.7 Å². The van der Waals surface area contributed by atoms with Crippen molar-refractivity contribution < 1.29 is 19.0 Å². The van der Waals surface area contributed by atoms with Crippen molar-refractivity contribution in [2.24, 2.45) is 23.5 Å². The Hall–Kier alpha value is -1.47. The topological polar surface area (TPSA) is 74.0 Å². The molecule has 1 fully saturated rings. The van der Waals surface area contributed by atoms with E-state index in [2.05, 4.69) is 13.8 Å². The predicted octanol–water partition coefficient (Wildman–Crippen LogP) is 0.998. The van der Waals surface area contributed by atoms with Crippen LogP contribution in [-0.4, -0.2) is 87.7 Å². The van der Waals surface area contributed by atoms with Crippen LogP contribution < -0.4 is 15.2 Å². The monoisotopic (exact) mass is 468 g/mol. The van der Waals surface area contributed by atoms with Crippen molar-refractivity contribution in [3.63, 3.8) is 0 Å². The van der Waals surface area contributed by atoms with Crippen LogP contribution in [0.25, 0.3) is 0 Å². The number of rotatable bonds is 7. The minimum absolute atomic E-state index is 0.0994. The highest BCUT2D eigenvalue weighted by atomic mass is 16.6. The lowest BCUT2D eigenvalue weighted by atomic mass is 9.29. The van der Waals surface area contributed by atoms with E-state index in [9.17, 15) is 4.79 Å². The molecule has 1 aromatic carbocycles. The van der Waals surface area contributed by atoms with Gasteiger partial charge >= 0.3 is 5.97 Å². The second-order valence-electron chi connectivity index (χ2n) is 10.8. The molecular weight excluding hydrogens is 434 g/mol. The molecule has 6 nitrogen and oxygen atoms in total. The van der Waals surface area contributed by atoms with Gasteiger partial charge in [-0.15, -0.1) is 0 Å². The maximum Gasteiger partial charge on any atom is 0.322 e. The highest BCUT2D eigenvalue weighted by molar-refractivity contribution is 6.54. The van der Waals surface area contributed by atoms with Crippen LogP contribution in [0.15, 0.2) is 12.1 Å². The van der Waals surface area contributed by atoms with Gasteiger partial charge in [0, 0.05) is 18.5 Å². The van der Waals surface area contributed by atoms with Crippen molar-refractivity contribution >= 4 is 45.2 Å². The van der Waals surface area contributed by atoms with Crippen molar-refractivity contribution in [2.45, 2.75) is 68.7 Å². The number of ether oxygens (including phenoxy) is 3. The number of carbonyl (C=O) groups is 1. The molecule has 0 spiro atoms. The van der Waals surface area contributed by atoms with Gasteiger partial charge in [0.25, 0.3) is 0 Å². The van der Waals surface area contributed by atoms with Gasteiger partial charge in [-0.2, -0.15) is 0 Å². The minimum atomic E-state index is -1.63. The Morgan fingerprint density at radius 2 is 1.66 bits per heavy atom. The number of hydrogen-bond acceptors (Lipinski definition) is 6. The summed E-state index contributed by atoms with van der Waals surface area (Å²) in [6, 6.07) is 2.26. The average Bonchev–Trinajstić information content (AvgIpc) is 2.77. The second kappa shape index (κ2) is 9.77. The summed E-state index contributed by atoms with van der Waals surface area (Å²) in [5.74, 6) is 0.284. The zero-order valence-corrected chi connectivity index (χ0v) is 21.7. The lowest BCUT2D eigenvalue weighted by molar-refractivity contribution is -0.168. The molecule has 0 aromatic heterocycles. The summed E-state index contributed by atoms with van der Waals surface area (Å²) in [7, 11) is 36.5. The van der Waals surface area contributed by atoms with Gasteiger partial charge in [-0.05, 0) is 47.9 Å². The number of esters is 1. The van der Waals surface area contributed by atoms with Crippen LogP contribution in [0.3, 0.4) is 0 Å². The Morgan fingerprint density at radius 3 is 2.17 bits per heavy atom. The van der Waals surface area contributed by atoms with Gasteiger partial charge in [0.1, 0.15) is 13.9 Å². The molecule has 35 heavy (non-hydrogen) atoms. The number of carbonyl (C=O) groups excluding carboxylic acids is 1. The van der Waals surface area contributed by atoms with Gasteiger partial charge in [0.05, 0.1) is 51.1 Å². The Kier molecular flexibility index (Phi) is 7.85. The normalized spacial score (nSPS) is 28.1. The molecule has 2 aliphatic heterocycles. The van der Waals surface area contributed by atoms with Gasteiger partial charge in [-0.25, -0.2) is 0 Å². The second-order valence-corrected chi connectivity index (χ2v) is 10.8. The van der Waals surface area contributed by atoms with Crippen molar-refractivity contribution in [1.82, 2.24) is 4.90 Å². The molecular formula is C24H33B5N2O4. The molecule has 3 unspecified atom stereocenters. The molecule has 1 saturated heterocycles.